The quantitative estimate of drug-likeness (QED) is 0.547. The molecule has 0 spiro atoms. The number of nitrogens with zero attached hydrogens (tertiary/aromatic N) is 2. The molecule has 0 fully saturated rings. The third-order valence-electron chi connectivity index (χ3n) is 0.953. The summed E-state index contributed by atoms with van der Waals surface area (Å²) in [6.45, 7) is 0.780. The summed E-state index contributed by atoms with van der Waals surface area (Å²) < 4.78 is 4.95. The number of hydrogen-bond donors (Lipinski definition) is 2. The van der Waals surface area contributed by atoms with E-state index in [1.54, 1.807) is 6.20 Å². The highest BCUT2D eigenvalue weighted by Gasteiger charge is 1.93. The maximum Gasteiger partial charge on any atom is 0.108 e. The third kappa shape index (κ3) is 2.12. The number of aliphatic hydroxyl groups is 1. The van der Waals surface area contributed by atoms with Crippen LogP contribution in [0.3, 0.4) is 0 Å². The van der Waals surface area contributed by atoms with Gasteiger partial charge in [-0.2, -0.15) is 0 Å². The number of nitrogens with one attached hydrogen (secondary N) is 1. The van der Waals surface area contributed by atoms with Crippen molar-refractivity contribution in [2.24, 2.45) is 0 Å². The summed E-state index contributed by atoms with van der Waals surface area (Å²) >= 11 is 0. The second kappa shape index (κ2) is 3.97. The van der Waals surface area contributed by atoms with E-state index < -0.39 is 0 Å². The maximum absolute atomic E-state index is 8.33. The van der Waals surface area contributed by atoms with Crippen molar-refractivity contribution in [3.05, 3.63) is 11.9 Å². The van der Waals surface area contributed by atoms with E-state index in [0.29, 0.717) is 13.2 Å². The van der Waals surface area contributed by atoms with Crippen LogP contribution in [0, 0.1) is 0 Å². The van der Waals surface area contributed by atoms with Gasteiger partial charge in [0.25, 0.3) is 0 Å². The second-order valence-electron chi connectivity index (χ2n) is 1.74. The van der Waals surface area contributed by atoms with Gasteiger partial charge >= 0.3 is 0 Å². The van der Waals surface area contributed by atoms with E-state index in [2.05, 4.69) is 15.4 Å². The summed E-state index contributed by atoms with van der Waals surface area (Å²) in [5, 5.41) is 18.0. The molecular formula is C5H9N3O2. The minimum absolute atomic E-state index is 0.0395. The van der Waals surface area contributed by atoms with Gasteiger partial charge in [-0.25, -0.2) is 0 Å². The highest BCUT2D eigenvalue weighted by Crippen LogP contribution is 1.90. The van der Waals surface area contributed by atoms with Crippen LogP contribution in [-0.2, 0) is 11.3 Å². The molecular weight excluding hydrogens is 134 g/mol. The second-order valence-corrected chi connectivity index (χ2v) is 1.74. The molecule has 0 aliphatic rings. The van der Waals surface area contributed by atoms with Gasteiger partial charge in [-0.1, -0.05) is 5.21 Å². The number of rotatable bonds is 4. The first-order valence-corrected chi connectivity index (χ1v) is 2.97. The average molecular weight is 143 g/mol. The monoisotopic (exact) mass is 143 g/mol. The summed E-state index contributed by atoms with van der Waals surface area (Å²) in [6, 6.07) is 0. The number of ether oxygens (including phenoxy) is 1. The van der Waals surface area contributed by atoms with Crippen LogP contribution in [0.2, 0.25) is 0 Å². The fraction of sp³-hybridized carbons (Fsp3) is 0.600. The molecule has 56 valence electrons. The Labute approximate surface area is 58.0 Å². The molecule has 1 rings (SSSR count). The number of H-pyrrole nitrogens is 1. The molecule has 0 bridgehead atoms. The lowest BCUT2D eigenvalue weighted by Crippen LogP contribution is -1.99. The summed E-state index contributed by atoms with van der Waals surface area (Å²) in [7, 11) is 0. The molecule has 1 heterocycles. The highest BCUT2D eigenvalue weighted by molar-refractivity contribution is 4.86. The molecule has 0 aliphatic carbocycles. The summed E-state index contributed by atoms with van der Waals surface area (Å²) in [5.41, 5.74) is 0.744. The van der Waals surface area contributed by atoms with Gasteiger partial charge in [-0.15, -0.1) is 5.10 Å². The van der Waals surface area contributed by atoms with Crippen molar-refractivity contribution in [2.45, 2.75) is 6.61 Å². The number of aromatic nitrogens is 3. The van der Waals surface area contributed by atoms with E-state index in [4.69, 9.17) is 9.84 Å². The van der Waals surface area contributed by atoms with Crippen molar-refractivity contribution < 1.29 is 9.84 Å². The Kier molecular flexibility index (Phi) is 2.85. The molecule has 0 unspecified atom stereocenters. The minimum Gasteiger partial charge on any atom is -0.394 e. The SMILES string of the molecule is OCCOCc1c[nH]nn1. The van der Waals surface area contributed by atoms with Gasteiger partial charge in [-0.3, -0.25) is 5.10 Å². The summed E-state index contributed by atoms with van der Waals surface area (Å²) in [6.07, 6.45) is 1.65. The Morgan fingerprint density at radius 3 is 3.20 bits per heavy atom. The molecule has 1 aromatic heterocycles. The Bertz CT molecular complexity index is 163. The smallest absolute Gasteiger partial charge is 0.108 e. The van der Waals surface area contributed by atoms with Crippen LogP contribution in [0.4, 0.5) is 0 Å². The van der Waals surface area contributed by atoms with Gasteiger partial charge in [-0.05, 0) is 0 Å². The van der Waals surface area contributed by atoms with Gasteiger partial charge in [0.05, 0.1) is 19.8 Å². The first-order valence-electron chi connectivity index (χ1n) is 2.97. The molecule has 2 N–H and O–H groups in total. The molecule has 0 radical (unpaired) electrons. The standard InChI is InChI=1S/C5H9N3O2/c9-1-2-10-4-5-3-6-8-7-5/h3,9H,1-2,4H2,(H,6,7,8). The van der Waals surface area contributed by atoms with E-state index in [1.807, 2.05) is 0 Å². The molecule has 0 saturated heterocycles. The van der Waals surface area contributed by atoms with E-state index in [9.17, 15) is 0 Å². The predicted octanol–water partition coefficient (Wildman–Crippen LogP) is -0.686. The number of hydrogen-bond acceptors (Lipinski definition) is 4. The summed E-state index contributed by atoms with van der Waals surface area (Å²) in [4.78, 5) is 0. The fourth-order valence-corrected chi connectivity index (χ4v) is 0.537. The molecule has 5 nitrogen and oxygen atoms in total. The van der Waals surface area contributed by atoms with Crippen LogP contribution in [0.1, 0.15) is 5.69 Å². The molecule has 0 amide bonds. The zero-order chi connectivity index (χ0) is 7.23. The van der Waals surface area contributed by atoms with Crippen molar-refractivity contribution >= 4 is 0 Å². The fourth-order valence-electron chi connectivity index (χ4n) is 0.537. The van der Waals surface area contributed by atoms with Crippen molar-refractivity contribution in [2.75, 3.05) is 13.2 Å². The lowest BCUT2D eigenvalue weighted by atomic mass is 10.5. The van der Waals surface area contributed by atoms with Crippen molar-refractivity contribution in [3.63, 3.8) is 0 Å². The van der Waals surface area contributed by atoms with E-state index in [1.165, 1.54) is 0 Å². The average Bonchev–Trinajstić information content (AvgIpc) is 2.41. The lowest BCUT2D eigenvalue weighted by molar-refractivity contribution is 0.0797. The number of aromatic amines is 1. The van der Waals surface area contributed by atoms with Gasteiger partial charge in [0.1, 0.15) is 5.69 Å². The van der Waals surface area contributed by atoms with Crippen LogP contribution in [0.15, 0.2) is 6.20 Å². The zero-order valence-electron chi connectivity index (χ0n) is 5.45. The molecule has 0 aromatic carbocycles. The van der Waals surface area contributed by atoms with Crippen LogP contribution in [-0.4, -0.2) is 33.7 Å². The maximum atomic E-state index is 8.33. The van der Waals surface area contributed by atoms with E-state index in [0.717, 1.165) is 5.69 Å². The Hall–Kier alpha value is -0.940. The molecule has 10 heavy (non-hydrogen) atoms. The lowest BCUT2D eigenvalue weighted by Gasteiger charge is -1.95. The Morgan fingerprint density at radius 1 is 1.70 bits per heavy atom. The van der Waals surface area contributed by atoms with Gasteiger partial charge in [0, 0.05) is 6.20 Å². The predicted molar refractivity (Wildman–Crippen MR) is 33.1 cm³/mol. The first kappa shape index (κ1) is 7.17. The normalized spacial score (nSPS) is 10.1. The molecule has 5 heteroatoms. The molecule has 0 saturated carbocycles. The largest absolute Gasteiger partial charge is 0.394 e. The van der Waals surface area contributed by atoms with Crippen molar-refractivity contribution in [1.82, 2.24) is 15.4 Å². The summed E-state index contributed by atoms with van der Waals surface area (Å²) in [5.74, 6) is 0. The first-order chi connectivity index (χ1) is 4.93. The highest BCUT2D eigenvalue weighted by atomic mass is 16.5. The van der Waals surface area contributed by atoms with Crippen LogP contribution in [0.25, 0.3) is 0 Å². The van der Waals surface area contributed by atoms with E-state index in [-0.39, 0.29) is 6.61 Å². The Balaban J connectivity index is 2.15. The molecule has 0 atom stereocenters. The van der Waals surface area contributed by atoms with Crippen LogP contribution in [0.5, 0.6) is 0 Å². The van der Waals surface area contributed by atoms with Crippen molar-refractivity contribution in [3.8, 4) is 0 Å². The van der Waals surface area contributed by atoms with Crippen LogP contribution >= 0.6 is 0 Å². The molecule has 0 aliphatic heterocycles. The van der Waals surface area contributed by atoms with Gasteiger partial charge in [0.15, 0.2) is 0 Å². The minimum atomic E-state index is 0.0395. The molecule has 1 aromatic rings. The van der Waals surface area contributed by atoms with E-state index >= 15 is 0 Å². The third-order valence-corrected chi connectivity index (χ3v) is 0.953. The topological polar surface area (TPSA) is 71.0 Å². The van der Waals surface area contributed by atoms with Gasteiger partial charge in [0.2, 0.25) is 0 Å². The van der Waals surface area contributed by atoms with Crippen molar-refractivity contribution in [1.29, 1.82) is 0 Å². The van der Waals surface area contributed by atoms with Gasteiger partial charge < -0.3 is 9.84 Å². The number of aliphatic hydroxyl groups excluding tert-OH is 1. The van der Waals surface area contributed by atoms with Crippen LogP contribution < -0.4 is 0 Å². The Morgan fingerprint density at radius 2 is 2.60 bits per heavy atom. The zero-order valence-corrected chi connectivity index (χ0v) is 5.45.